The highest BCUT2D eigenvalue weighted by molar-refractivity contribution is 5.81. The SMILES string of the molecule is CC(C)CC(N)C(=O)NCC1CCOCC1. The van der Waals surface area contributed by atoms with E-state index in [1.807, 2.05) is 0 Å². The van der Waals surface area contributed by atoms with Crippen molar-refractivity contribution in [3.8, 4) is 0 Å². The van der Waals surface area contributed by atoms with Gasteiger partial charge in [0.1, 0.15) is 0 Å². The predicted octanol–water partition coefficient (Wildman–Crippen LogP) is 0.903. The van der Waals surface area contributed by atoms with Crippen LogP contribution in [0.5, 0.6) is 0 Å². The van der Waals surface area contributed by atoms with Crippen molar-refractivity contribution in [3.05, 3.63) is 0 Å². The highest BCUT2D eigenvalue weighted by Crippen LogP contribution is 2.13. The molecule has 3 N–H and O–H groups in total. The van der Waals surface area contributed by atoms with Crippen LogP contribution in [0.1, 0.15) is 33.1 Å². The molecule has 1 unspecified atom stereocenters. The zero-order valence-electron chi connectivity index (χ0n) is 10.4. The first kappa shape index (κ1) is 13.5. The highest BCUT2D eigenvalue weighted by Gasteiger charge is 2.18. The average Bonchev–Trinajstić information content (AvgIpc) is 2.26. The van der Waals surface area contributed by atoms with Gasteiger partial charge in [-0.2, -0.15) is 0 Å². The number of amides is 1. The molecule has 0 aromatic carbocycles. The van der Waals surface area contributed by atoms with Crippen LogP contribution in [0.25, 0.3) is 0 Å². The molecule has 1 fully saturated rings. The number of carbonyl (C=O) groups excluding carboxylic acids is 1. The van der Waals surface area contributed by atoms with E-state index in [1.165, 1.54) is 0 Å². The summed E-state index contributed by atoms with van der Waals surface area (Å²) in [4.78, 5) is 11.7. The van der Waals surface area contributed by atoms with Crippen LogP contribution >= 0.6 is 0 Å². The van der Waals surface area contributed by atoms with Crippen LogP contribution in [0.4, 0.5) is 0 Å². The molecule has 1 heterocycles. The van der Waals surface area contributed by atoms with Crippen molar-refractivity contribution >= 4 is 5.91 Å². The Bertz CT molecular complexity index is 213. The van der Waals surface area contributed by atoms with E-state index in [0.29, 0.717) is 11.8 Å². The number of nitrogens with two attached hydrogens (primary N) is 1. The molecule has 4 heteroatoms. The van der Waals surface area contributed by atoms with E-state index in [0.717, 1.165) is 39.0 Å². The fourth-order valence-electron chi connectivity index (χ4n) is 1.94. The quantitative estimate of drug-likeness (QED) is 0.735. The molecule has 0 radical (unpaired) electrons. The molecule has 1 atom stereocenters. The molecule has 1 amide bonds. The summed E-state index contributed by atoms with van der Waals surface area (Å²) in [5.74, 6) is 1.01. The molecule has 1 aliphatic rings. The molecule has 4 nitrogen and oxygen atoms in total. The van der Waals surface area contributed by atoms with Crippen molar-refractivity contribution in [1.82, 2.24) is 5.32 Å². The van der Waals surface area contributed by atoms with Crippen molar-refractivity contribution < 1.29 is 9.53 Å². The molecule has 1 rings (SSSR count). The Morgan fingerprint density at radius 2 is 2.06 bits per heavy atom. The van der Waals surface area contributed by atoms with E-state index in [4.69, 9.17) is 10.5 Å². The number of hydrogen-bond donors (Lipinski definition) is 2. The molecular formula is C12H24N2O2. The van der Waals surface area contributed by atoms with Gasteiger partial charge in [0.05, 0.1) is 6.04 Å². The van der Waals surface area contributed by atoms with E-state index in [9.17, 15) is 4.79 Å². The molecule has 0 bridgehead atoms. The summed E-state index contributed by atoms with van der Waals surface area (Å²) in [5.41, 5.74) is 5.80. The first-order chi connectivity index (χ1) is 7.59. The lowest BCUT2D eigenvalue weighted by atomic mass is 9.99. The molecule has 1 aliphatic heterocycles. The van der Waals surface area contributed by atoms with Crippen molar-refractivity contribution in [2.75, 3.05) is 19.8 Å². The van der Waals surface area contributed by atoms with Crippen molar-refractivity contribution in [2.45, 2.75) is 39.2 Å². The Balaban J connectivity index is 2.17. The van der Waals surface area contributed by atoms with Gasteiger partial charge in [-0.15, -0.1) is 0 Å². The zero-order chi connectivity index (χ0) is 12.0. The second-order valence-electron chi connectivity index (χ2n) is 5.04. The Morgan fingerprint density at radius 1 is 1.44 bits per heavy atom. The number of nitrogens with one attached hydrogen (secondary N) is 1. The van der Waals surface area contributed by atoms with Crippen LogP contribution in [-0.2, 0) is 9.53 Å². The standard InChI is InChI=1S/C12H24N2O2/c1-9(2)7-11(13)12(15)14-8-10-3-5-16-6-4-10/h9-11H,3-8,13H2,1-2H3,(H,14,15). The lowest BCUT2D eigenvalue weighted by molar-refractivity contribution is -0.123. The van der Waals surface area contributed by atoms with Gasteiger partial charge in [0, 0.05) is 19.8 Å². The van der Waals surface area contributed by atoms with Crippen LogP contribution in [0.15, 0.2) is 0 Å². The summed E-state index contributed by atoms with van der Waals surface area (Å²) < 4.78 is 5.27. The number of ether oxygens (including phenoxy) is 1. The number of rotatable bonds is 5. The Morgan fingerprint density at radius 3 is 2.62 bits per heavy atom. The molecule has 0 saturated carbocycles. The van der Waals surface area contributed by atoms with Gasteiger partial charge in [0.15, 0.2) is 0 Å². The van der Waals surface area contributed by atoms with Gasteiger partial charge in [-0.3, -0.25) is 4.79 Å². The second-order valence-corrected chi connectivity index (χ2v) is 5.04. The molecule has 0 spiro atoms. The first-order valence-corrected chi connectivity index (χ1v) is 6.20. The second kappa shape index (κ2) is 6.86. The zero-order valence-corrected chi connectivity index (χ0v) is 10.4. The van der Waals surface area contributed by atoms with Crippen LogP contribution in [0.2, 0.25) is 0 Å². The maximum atomic E-state index is 11.7. The third-order valence-corrected chi connectivity index (χ3v) is 2.97. The van der Waals surface area contributed by atoms with E-state index < -0.39 is 0 Å². The maximum absolute atomic E-state index is 11.7. The molecule has 94 valence electrons. The fourth-order valence-corrected chi connectivity index (χ4v) is 1.94. The lowest BCUT2D eigenvalue weighted by Gasteiger charge is -2.23. The third kappa shape index (κ3) is 4.94. The van der Waals surface area contributed by atoms with E-state index in [1.54, 1.807) is 0 Å². The van der Waals surface area contributed by atoms with Crippen LogP contribution in [-0.4, -0.2) is 31.7 Å². The maximum Gasteiger partial charge on any atom is 0.236 e. The normalized spacial score (nSPS) is 19.8. The van der Waals surface area contributed by atoms with Crippen LogP contribution in [0.3, 0.4) is 0 Å². The van der Waals surface area contributed by atoms with Gasteiger partial charge in [-0.1, -0.05) is 13.8 Å². The largest absolute Gasteiger partial charge is 0.381 e. The fraction of sp³-hybridized carbons (Fsp3) is 0.917. The van der Waals surface area contributed by atoms with Crippen LogP contribution in [0, 0.1) is 11.8 Å². The first-order valence-electron chi connectivity index (χ1n) is 6.20. The van der Waals surface area contributed by atoms with Crippen LogP contribution < -0.4 is 11.1 Å². The van der Waals surface area contributed by atoms with E-state index >= 15 is 0 Å². The Hall–Kier alpha value is -0.610. The number of hydrogen-bond acceptors (Lipinski definition) is 3. The molecule has 0 aromatic heterocycles. The smallest absolute Gasteiger partial charge is 0.236 e. The minimum atomic E-state index is -0.361. The van der Waals surface area contributed by atoms with E-state index in [2.05, 4.69) is 19.2 Å². The van der Waals surface area contributed by atoms with E-state index in [-0.39, 0.29) is 11.9 Å². The van der Waals surface area contributed by atoms with Gasteiger partial charge in [0.25, 0.3) is 0 Å². The van der Waals surface area contributed by atoms with Gasteiger partial charge >= 0.3 is 0 Å². The summed E-state index contributed by atoms with van der Waals surface area (Å²) in [6.07, 6.45) is 2.83. The van der Waals surface area contributed by atoms with Gasteiger partial charge in [-0.25, -0.2) is 0 Å². The monoisotopic (exact) mass is 228 g/mol. The van der Waals surface area contributed by atoms with Gasteiger partial charge in [0.2, 0.25) is 5.91 Å². The Labute approximate surface area is 97.9 Å². The van der Waals surface area contributed by atoms with Gasteiger partial charge in [-0.05, 0) is 31.1 Å². The molecule has 1 saturated heterocycles. The van der Waals surface area contributed by atoms with Crippen molar-refractivity contribution in [3.63, 3.8) is 0 Å². The van der Waals surface area contributed by atoms with Crippen molar-refractivity contribution in [1.29, 1.82) is 0 Å². The van der Waals surface area contributed by atoms with Gasteiger partial charge < -0.3 is 15.8 Å². The highest BCUT2D eigenvalue weighted by atomic mass is 16.5. The average molecular weight is 228 g/mol. The summed E-state index contributed by atoms with van der Waals surface area (Å²) in [6.45, 7) is 6.53. The topological polar surface area (TPSA) is 64.4 Å². The Kier molecular flexibility index (Phi) is 5.77. The summed E-state index contributed by atoms with van der Waals surface area (Å²) in [5, 5.41) is 2.94. The lowest BCUT2D eigenvalue weighted by Crippen LogP contribution is -2.43. The minimum Gasteiger partial charge on any atom is -0.381 e. The molecule has 16 heavy (non-hydrogen) atoms. The molecule has 0 aliphatic carbocycles. The summed E-state index contributed by atoms with van der Waals surface area (Å²) in [7, 11) is 0. The van der Waals surface area contributed by atoms with Crippen molar-refractivity contribution in [2.24, 2.45) is 17.6 Å². The summed E-state index contributed by atoms with van der Waals surface area (Å²) >= 11 is 0. The third-order valence-electron chi connectivity index (χ3n) is 2.97. The minimum absolute atomic E-state index is 0.0137. The predicted molar refractivity (Wildman–Crippen MR) is 64.0 cm³/mol. The molecule has 0 aromatic rings. The number of carbonyl (C=O) groups is 1. The summed E-state index contributed by atoms with van der Waals surface area (Å²) in [6, 6.07) is -0.361. The molecular weight excluding hydrogens is 204 g/mol.